The Labute approximate surface area is 635 Å². The summed E-state index contributed by atoms with van der Waals surface area (Å²) in [7, 11) is 2.86. The monoisotopic (exact) mass is 1540 g/mol. The van der Waals surface area contributed by atoms with Crippen molar-refractivity contribution in [2.45, 2.75) is 165 Å². The Bertz CT molecular complexity index is 4110. The molecule has 110 heavy (non-hydrogen) atoms. The van der Waals surface area contributed by atoms with Crippen LogP contribution in [0, 0.1) is 12.8 Å². The van der Waals surface area contributed by atoms with Gasteiger partial charge in [-0.1, -0.05) is 61.9 Å². The van der Waals surface area contributed by atoms with E-state index in [9.17, 15) is 69.6 Å². The number of benzene rings is 4. The third-order valence-corrected chi connectivity index (χ3v) is 20.3. The third-order valence-electron chi connectivity index (χ3n) is 20.3. The smallest absolute Gasteiger partial charge is 0.416 e. The topological polar surface area (TPSA) is 423 Å². The Morgan fingerprint density at radius 2 is 1.15 bits per heavy atom. The molecule has 4 aromatic carbocycles. The van der Waals surface area contributed by atoms with Crippen molar-refractivity contribution in [3.05, 3.63) is 147 Å². The maximum absolute atomic E-state index is 14.8. The molecule has 4 saturated heterocycles. The third kappa shape index (κ3) is 18.5. The molecule has 3 unspecified atom stereocenters. The van der Waals surface area contributed by atoms with Gasteiger partial charge in [0.15, 0.2) is 35.5 Å². The normalized spacial score (nSPS) is 25.7. The number of carbonyl (C=O) groups excluding carboxylic acids is 6. The maximum Gasteiger partial charge on any atom is 0.416 e. The molecule has 0 bridgehead atoms. The molecule has 6 heterocycles. The molecule has 4 aromatic rings. The zero-order valence-corrected chi connectivity index (χ0v) is 62.0. The number of aliphatic hydroxyl groups is 8. The molecule has 0 spiro atoms. The Balaban J connectivity index is 0.845. The highest BCUT2D eigenvalue weighted by atomic mass is 16.7. The minimum absolute atomic E-state index is 0.00262. The van der Waals surface area contributed by atoms with Crippen LogP contribution in [0.3, 0.4) is 0 Å². The largest absolute Gasteiger partial charge is 0.493 e. The van der Waals surface area contributed by atoms with Gasteiger partial charge in [-0.05, 0) is 110 Å². The minimum Gasteiger partial charge on any atom is -0.493 e. The molecule has 0 saturated carbocycles. The number of fused-ring (bicyclic) bond motifs is 4. The average molecular weight is 1540 g/mol. The number of anilines is 2. The van der Waals surface area contributed by atoms with Gasteiger partial charge >= 0.3 is 12.2 Å². The number of hydrogen-bond donors (Lipinski definition) is 9. The summed E-state index contributed by atoms with van der Waals surface area (Å²) in [6.07, 6.45) is -12.4. The van der Waals surface area contributed by atoms with E-state index in [1.54, 1.807) is 13.0 Å². The number of rotatable bonds is 33. The molecule has 0 radical (unpaired) electrons. The van der Waals surface area contributed by atoms with Crippen molar-refractivity contribution in [2.24, 2.45) is 11.8 Å². The number of unbranched alkanes of at least 4 members (excludes halogenated alkanes) is 1. The van der Waals surface area contributed by atoms with E-state index >= 15 is 0 Å². The lowest BCUT2D eigenvalue weighted by molar-refractivity contribution is -0.268. The molecule has 4 amide bonds. The van der Waals surface area contributed by atoms with Crippen LogP contribution in [0.4, 0.5) is 21.0 Å². The number of aliphatic hydroxyl groups excluding tert-OH is 8. The number of hydrogen-bond acceptors (Lipinski definition) is 28. The summed E-state index contributed by atoms with van der Waals surface area (Å²) in [5, 5.41) is 87.3. The van der Waals surface area contributed by atoms with E-state index in [1.807, 2.05) is 19.1 Å². The van der Waals surface area contributed by atoms with E-state index in [2.05, 4.69) is 18.0 Å². The van der Waals surface area contributed by atoms with Crippen LogP contribution >= 0.6 is 0 Å². The number of aryl methyl sites for hydroxylation is 1. The van der Waals surface area contributed by atoms with Gasteiger partial charge in [0.2, 0.25) is 12.6 Å². The number of amides is 4. The van der Waals surface area contributed by atoms with Gasteiger partial charge in [0.1, 0.15) is 80.3 Å². The first-order chi connectivity index (χ1) is 52.8. The van der Waals surface area contributed by atoms with Gasteiger partial charge in [-0.2, -0.15) is 0 Å². The second-order valence-corrected chi connectivity index (χ2v) is 28.1. The van der Waals surface area contributed by atoms with Crippen molar-refractivity contribution < 1.29 is 131 Å². The fourth-order valence-electron chi connectivity index (χ4n) is 14.2. The number of Topliss-reactive ketones (excluding diaryl/α,β-unsaturated/α-hetero) is 2. The highest BCUT2D eigenvalue weighted by Gasteiger charge is 2.50. The van der Waals surface area contributed by atoms with Crippen molar-refractivity contribution in [3.63, 3.8) is 0 Å². The number of ether oxygens (including phenoxy) is 12. The summed E-state index contributed by atoms with van der Waals surface area (Å²) in [5.41, 5.74) is 3.78. The van der Waals surface area contributed by atoms with Crippen molar-refractivity contribution >= 4 is 46.9 Å². The fraction of sp³-hybridized carbons (Fsp3) is 0.513. The predicted molar refractivity (Wildman–Crippen MR) is 389 cm³/mol. The summed E-state index contributed by atoms with van der Waals surface area (Å²) in [4.78, 5) is 95.8. The van der Waals surface area contributed by atoms with Gasteiger partial charge in [-0.25, -0.2) is 25.3 Å². The van der Waals surface area contributed by atoms with Gasteiger partial charge in [0, 0.05) is 64.3 Å². The molecule has 7 aliphatic rings. The number of allylic oxidation sites excluding steroid dienone is 1. The molecule has 32 heteroatoms. The molecule has 0 aromatic heterocycles. The van der Waals surface area contributed by atoms with Crippen molar-refractivity contribution in [3.8, 4) is 28.7 Å². The number of carbonyl (C=O) groups is 6. The van der Waals surface area contributed by atoms with Crippen molar-refractivity contribution in [1.29, 1.82) is 0 Å². The Morgan fingerprint density at radius 1 is 0.600 bits per heavy atom. The van der Waals surface area contributed by atoms with Crippen LogP contribution in [0.1, 0.15) is 123 Å². The molecule has 6 aliphatic heterocycles. The van der Waals surface area contributed by atoms with Crippen LogP contribution < -0.4 is 39.4 Å². The summed E-state index contributed by atoms with van der Waals surface area (Å²) in [5.74, 6) is 3.40. The van der Waals surface area contributed by atoms with Crippen molar-refractivity contribution in [2.75, 3.05) is 96.6 Å². The summed E-state index contributed by atoms with van der Waals surface area (Å²) < 4.78 is 70.7. The van der Waals surface area contributed by atoms with Gasteiger partial charge in [0.05, 0.1) is 92.0 Å². The average Bonchev–Trinajstić information content (AvgIpc) is 1.59. The first-order valence-electron chi connectivity index (χ1n) is 36.6. The standard InChI is InChI=1S/C78H97N5O27/c1-8-9-11-58(84)52-29-46(14-16-62(52)110-76-70(91)68(89)66(87)44(5)108-76)37-105-77(96)82-54-32-63(43(4)26-50(54)71(92)80-34-41(2)24-56(80)73(82)94)103-39-49-28-47(27-48(49)17-19-100-20-21-101-22-23-107-79)38-102-65-33-55-51(31-64(65)99-7)72(93)81-35-42(3)25-57(81)74(95)83(55)78(97)106-36-45-13-15-61(53(30-45)59(85)12-10-18-98-6)109-75-69(90)67(88)60(86)40-104-75/h13-16,26-33,44,48,56-57,60,66-70,73-76,86-91,94-95H,2-3,8-12,17-25,34-40,79H2,1,4-7H3/t44-,48?,56+,57+,60-,66-,67+,68+,69-,70-,73?,74?,75+,76+/m1/s1. The molecule has 596 valence electrons. The highest BCUT2D eigenvalue weighted by molar-refractivity contribution is 6.07. The fourth-order valence-corrected chi connectivity index (χ4v) is 14.2. The predicted octanol–water partition coefficient (Wildman–Crippen LogP) is 4.76. The number of methoxy groups -OCH3 is 2. The van der Waals surface area contributed by atoms with Crippen LogP contribution in [-0.2, 0) is 51.2 Å². The van der Waals surface area contributed by atoms with E-state index in [-0.39, 0.29) is 172 Å². The summed E-state index contributed by atoms with van der Waals surface area (Å²) >= 11 is 0. The molecule has 14 atom stereocenters. The first kappa shape index (κ1) is 82.0. The second-order valence-electron chi connectivity index (χ2n) is 28.1. The van der Waals surface area contributed by atoms with Crippen LogP contribution in [0.25, 0.3) is 0 Å². The Morgan fingerprint density at radius 3 is 1.73 bits per heavy atom. The summed E-state index contributed by atoms with van der Waals surface area (Å²) in [6.45, 7) is 13.5. The second kappa shape index (κ2) is 36.9. The number of ketones is 2. The molecule has 1 aliphatic carbocycles. The summed E-state index contributed by atoms with van der Waals surface area (Å²) in [6, 6.07) is 12.7. The molecular weight excluding hydrogens is 1440 g/mol. The Kier molecular flexibility index (Phi) is 27.5. The van der Waals surface area contributed by atoms with Crippen LogP contribution in [0.2, 0.25) is 0 Å². The molecule has 11 rings (SSSR count). The number of nitrogens with zero attached hydrogens (tertiary/aromatic N) is 4. The van der Waals surface area contributed by atoms with E-state index in [1.165, 1.54) is 85.5 Å². The number of nitrogens with two attached hydrogens (primary N) is 1. The maximum atomic E-state index is 14.8. The quantitative estimate of drug-likeness (QED) is 0.0134. The Hall–Kier alpha value is -8.94. The SMILES string of the molecule is C=C1C[C@H]2C(O)N(C(=O)OCc3ccc(O[C@@H]4O[C@H](C)[C@@H](O)[C@H](O)[C@H]4O)c(C(=O)CCCC)c3)c3cc(OCC4=CC(COc5cc6c(cc5OC)C(=O)N5CC(=C)C[C@H]5C(O)N6C(=O)OCc5ccc(O[C@@H]6OC[C@@H](O)[C@H](O)[C@H]6O)c(C(=O)CCCOC)c5)=CC4CCOCCOCCON)c(C)cc3C(=O)N2C1. The lowest BCUT2D eigenvalue weighted by atomic mass is 9.99. The van der Waals surface area contributed by atoms with Crippen LogP contribution in [0.5, 0.6) is 28.7 Å². The van der Waals surface area contributed by atoms with Gasteiger partial charge in [-0.3, -0.25) is 19.2 Å². The molecule has 10 N–H and O–H groups in total. The van der Waals surface area contributed by atoms with E-state index in [0.717, 1.165) is 15.4 Å². The van der Waals surface area contributed by atoms with Crippen molar-refractivity contribution in [1.82, 2.24) is 9.80 Å². The van der Waals surface area contributed by atoms with E-state index < -0.39 is 123 Å². The minimum atomic E-state index is -1.70. The van der Waals surface area contributed by atoms with Crippen LogP contribution in [-0.4, -0.2) is 253 Å². The van der Waals surface area contributed by atoms with Gasteiger partial charge in [-0.15, -0.1) is 0 Å². The molecular formula is C78H97N5O27. The zero-order chi connectivity index (χ0) is 78.8. The van der Waals surface area contributed by atoms with Crippen LogP contribution in [0.15, 0.2) is 108 Å². The van der Waals surface area contributed by atoms with Gasteiger partial charge < -0.3 is 112 Å². The lowest BCUT2D eigenvalue weighted by Crippen LogP contribution is -2.58. The van der Waals surface area contributed by atoms with E-state index in [4.69, 9.17) is 62.7 Å². The molecule has 4 fully saturated rings. The highest BCUT2D eigenvalue weighted by Crippen LogP contribution is 2.45. The zero-order valence-electron chi connectivity index (χ0n) is 62.0. The first-order valence-corrected chi connectivity index (χ1v) is 36.6. The molecule has 32 nitrogen and oxygen atoms in total. The lowest BCUT2D eigenvalue weighted by Gasteiger charge is -2.39. The van der Waals surface area contributed by atoms with E-state index in [0.29, 0.717) is 59.1 Å². The van der Waals surface area contributed by atoms with Gasteiger partial charge in [0.25, 0.3) is 11.8 Å².